The molecule has 8 heteroatoms. The van der Waals surface area contributed by atoms with E-state index >= 15 is 0 Å². The second-order valence-corrected chi connectivity index (χ2v) is 8.10. The molecule has 0 saturated carbocycles. The first-order chi connectivity index (χ1) is 14.6. The number of hydrogen-bond acceptors (Lipinski definition) is 5. The van der Waals surface area contributed by atoms with E-state index in [4.69, 9.17) is 19.6 Å². The Morgan fingerprint density at radius 1 is 1.07 bits per heavy atom. The summed E-state index contributed by atoms with van der Waals surface area (Å²) in [5.74, 6) is 2.59. The number of nitrogens with zero attached hydrogens (tertiary/aromatic N) is 4. The van der Waals surface area contributed by atoms with Gasteiger partial charge in [0, 0.05) is 21.8 Å². The highest BCUT2D eigenvalue weighted by Gasteiger charge is 2.30. The molecule has 1 aliphatic rings. The van der Waals surface area contributed by atoms with Gasteiger partial charge >= 0.3 is 5.95 Å². The van der Waals surface area contributed by atoms with Crippen LogP contribution in [0.3, 0.4) is 0 Å². The van der Waals surface area contributed by atoms with Crippen LogP contribution in [0.2, 0.25) is 0 Å². The largest absolute Gasteiger partial charge is 0.493 e. The standard InChI is InChI=1S/C22H20FN4O2S/c1-13-10-15-11-18(28-2)19(29-3)12-17(15)20(14-4-6-16(23)7-5-14)27(13)21-24-22-26(25-21)8-9-30-22/h4-7,10-12H,8-9H2,1-3H3/q+1. The molecule has 0 aliphatic carbocycles. The van der Waals surface area contributed by atoms with E-state index in [2.05, 4.69) is 6.07 Å². The Labute approximate surface area is 177 Å². The SMILES string of the molecule is COc1cc2cc(C)[n+](-c3nc4n(n3)CCS4)c(-c3ccc(F)cc3)c2cc1OC. The van der Waals surface area contributed by atoms with Crippen molar-refractivity contribution in [2.75, 3.05) is 20.0 Å². The molecule has 1 aliphatic heterocycles. The van der Waals surface area contributed by atoms with Crippen molar-refractivity contribution >= 4 is 22.5 Å². The van der Waals surface area contributed by atoms with Crippen LogP contribution in [0.4, 0.5) is 4.39 Å². The van der Waals surface area contributed by atoms with Gasteiger partial charge in [0.25, 0.3) is 5.16 Å². The maximum atomic E-state index is 13.7. The van der Waals surface area contributed by atoms with E-state index in [0.717, 1.165) is 45.2 Å². The first kappa shape index (κ1) is 18.9. The van der Waals surface area contributed by atoms with Crippen molar-refractivity contribution in [3.63, 3.8) is 0 Å². The third-order valence-corrected chi connectivity index (χ3v) is 6.18. The Bertz CT molecular complexity index is 1250. The van der Waals surface area contributed by atoms with Gasteiger partial charge in [-0.1, -0.05) is 11.8 Å². The van der Waals surface area contributed by atoms with Gasteiger partial charge in [-0.05, 0) is 59.8 Å². The molecule has 0 fully saturated rings. The van der Waals surface area contributed by atoms with Gasteiger partial charge in [-0.3, -0.25) is 0 Å². The molecule has 0 N–H and O–H groups in total. The second kappa shape index (κ2) is 7.28. The number of aromatic nitrogens is 4. The predicted molar refractivity (Wildman–Crippen MR) is 113 cm³/mol. The van der Waals surface area contributed by atoms with Gasteiger partial charge < -0.3 is 9.47 Å². The fourth-order valence-corrected chi connectivity index (χ4v) is 4.72. The summed E-state index contributed by atoms with van der Waals surface area (Å²) >= 11 is 1.70. The number of ether oxygens (including phenoxy) is 2. The molecule has 3 heterocycles. The molecule has 0 bridgehead atoms. The fourth-order valence-electron chi connectivity index (χ4n) is 3.84. The Morgan fingerprint density at radius 3 is 2.50 bits per heavy atom. The van der Waals surface area contributed by atoms with Crippen LogP contribution in [-0.2, 0) is 6.54 Å². The van der Waals surface area contributed by atoms with E-state index in [1.807, 2.05) is 28.3 Å². The number of thioether (sulfide) groups is 1. The molecule has 0 saturated heterocycles. The molecule has 30 heavy (non-hydrogen) atoms. The van der Waals surface area contributed by atoms with Crippen LogP contribution in [0.15, 0.2) is 47.6 Å². The molecule has 0 atom stereocenters. The Hall–Kier alpha value is -3.13. The Kier molecular flexibility index (Phi) is 4.58. The predicted octanol–water partition coefficient (Wildman–Crippen LogP) is 3.95. The molecule has 5 rings (SSSR count). The Morgan fingerprint density at radius 2 is 1.80 bits per heavy atom. The van der Waals surface area contributed by atoms with Crippen LogP contribution in [0.1, 0.15) is 5.69 Å². The second-order valence-electron chi connectivity index (χ2n) is 7.04. The summed E-state index contributed by atoms with van der Waals surface area (Å²) in [6.45, 7) is 2.86. The van der Waals surface area contributed by atoms with Gasteiger partial charge in [0.15, 0.2) is 11.5 Å². The van der Waals surface area contributed by atoms with Crippen LogP contribution in [0.5, 0.6) is 11.5 Å². The van der Waals surface area contributed by atoms with Crippen molar-refractivity contribution in [3.8, 4) is 28.7 Å². The van der Waals surface area contributed by atoms with Crippen molar-refractivity contribution in [2.24, 2.45) is 0 Å². The van der Waals surface area contributed by atoms with Crippen LogP contribution in [0.25, 0.3) is 28.0 Å². The van der Waals surface area contributed by atoms with Crippen molar-refractivity contribution in [3.05, 3.63) is 54.0 Å². The highest BCUT2D eigenvalue weighted by Crippen LogP contribution is 2.36. The van der Waals surface area contributed by atoms with Crippen molar-refractivity contribution in [2.45, 2.75) is 18.6 Å². The molecule has 0 unspecified atom stereocenters. The summed E-state index contributed by atoms with van der Waals surface area (Å²) in [5.41, 5.74) is 2.70. The summed E-state index contributed by atoms with van der Waals surface area (Å²) in [4.78, 5) is 4.76. The topological polar surface area (TPSA) is 53.0 Å². The summed E-state index contributed by atoms with van der Waals surface area (Å²) in [6.07, 6.45) is 0. The summed E-state index contributed by atoms with van der Waals surface area (Å²) in [6, 6.07) is 12.4. The van der Waals surface area contributed by atoms with Crippen LogP contribution >= 0.6 is 11.8 Å². The van der Waals surface area contributed by atoms with Crippen molar-refractivity contribution in [1.82, 2.24) is 14.8 Å². The average molecular weight is 423 g/mol. The van der Waals surface area contributed by atoms with Gasteiger partial charge in [-0.15, -0.1) is 0 Å². The number of rotatable bonds is 4. The lowest BCUT2D eigenvalue weighted by Gasteiger charge is -2.15. The van der Waals surface area contributed by atoms with E-state index in [1.54, 1.807) is 38.1 Å². The molecule has 152 valence electrons. The zero-order valence-electron chi connectivity index (χ0n) is 16.8. The lowest BCUT2D eigenvalue weighted by atomic mass is 10.0. The number of fused-ring (bicyclic) bond motifs is 2. The van der Waals surface area contributed by atoms with E-state index in [0.29, 0.717) is 17.4 Å². The molecule has 4 aromatic rings. The number of aryl methyl sites for hydroxylation is 2. The monoisotopic (exact) mass is 423 g/mol. The van der Waals surface area contributed by atoms with Crippen LogP contribution < -0.4 is 14.0 Å². The zero-order chi connectivity index (χ0) is 20.8. The first-order valence-corrected chi connectivity index (χ1v) is 10.5. The molecular weight excluding hydrogens is 403 g/mol. The third kappa shape index (κ3) is 2.99. The lowest BCUT2D eigenvalue weighted by molar-refractivity contribution is -0.597. The highest BCUT2D eigenvalue weighted by molar-refractivity contribution is 7.99. The average Bonchev–Trinajstić information content (AvgIpc) is 3.34. The van der Waals surface area contributed by atoms with Crippen LogP contribution in [0, 0.1) is 12.7 Å². The summed E-state index contributed by atoms with van der Waals surface area (Å²) < 4.78 is 28.7. The van der Waals surface area contributed by atoms with Gasteiger partial charge in [-0.2, -0.15) is 9.25 Å². The van der Waals surface area contributed by atoms with Gasteiger partial charge in [0.05, 0.1) is 26.5 Å². The Balaban J connectivity index is 1.86. The molecule has 0 amide bonds. The first-order valence-electron chi connectivity index (χ1n) is 9.54. The minimum atomic E-state index is -0.281. The van der Waals surface area contributed by atoms with Crippen molar-refractivity contribution in [1.29, 1.82) is 0 Å². The smallest absolute Gasteiger partial charge is 0.461 e. The highest BCUT2D eigenvalue weighted by atomic mass is 32.2. The summed E-state index contributed by atoms with van der Waals surface area (Å²) in [5, 5.41) is 7.56. The maximum absolute atomic E-state index is 13.7. The minimum Gasteiger partial charge on any atom is -0.493 e. The van der Waals surface area contributed by atoms with E-state index in [9.17, 15) is 4.39 Å². The van der Waals surface area contributed by atoms with Crippen LogP contribution in [-0.4, -0.2) is 34.7 Å². The quantitative estimate of drug-likeness (QED) is 0.466. The molecular formula is C22H20FN4O2S+. The van der Waals surface area contributed by atoms with Gasteiger partial charge in [0.2, 0.25) is 0 Å². The zero-order valence-corrected chi connectivity index (χ0v) is 17.7. The lowest BCUT2D eigenvalue weighted by Crippen LogP contribution is -2.39. The summed E-state index contributed by atoms with van der Waals surface area (Å²) in [7, 11) is 3.23. The van der Waals surface area contributed by atoms with E-state index in [1.165, 1.54) is 12.1 Å². The minimum absolute atomic E-state index is 0.281. The molecule has 0 radical (unpaired) electrons. The van der Waals surface area contributed by atoms with E-state index < -0.39 is 0 Å². The number of methoxy groups -OCH3 is 2. The number of halogens is 1. The van der Waals surface area contributed by atoms with Crippen molar-refractivity contribution < 1.29 is 18.4 Å². The normalized spacial score (nSPS) is 12.9. The third-order valence-electron chi connectivity index (χ3n) is 5.23. The van der Waals surface area contributed by atoms with E-state index in [-0.39, 0.29) is 5.82 Å². The number of hydrogen-bond donors (Lipinski definition) is 0. The molecule has 0 spiro atoms. The van der Waals surface area contributed by atoms with Gasteiger partial charge in [0.1, 0.15) is 11.5 Å². The molecule has 6 nitrogen and oxygen atoms in total. The maximum Gasteiger partial charge on any atom is 0.461 e. The number of pyridine rings is 1. The molecule has 2 aromatic heterocycles. The van der Waals surface area contributed by atoms with Gasteiger partial charge in [-0.25, -0.2) is 4.39 Å². The fraction of sp³-hybridized carbons (Fsp3) is 0.227. The number of benzene rings is 2. The molecule has 2 aromatic carbocycles.